The maximum Gasteiger partial charge on any atom is 0.295 e. The van der Waals surface area contributed by atoms with Gasteiger partial charge in [-0.2, -0.15) is 0 Å². The Morgan fingerprint density at radius 1 is 1.59 bits per heavy atom. The molecule has 1 aromatic carbocycles. The quantitative estimate of drug-likeness (QED) is 0.578. The number of hydrogen-bond donors (Lipinski definition) is 2. The van der Waals surface area contributed by atoms with Crippen LogP contribution in [-0.2, 0) is 4.74 Å². The molecule has 0 saturated heterocycles. The first-order valence-electron chi connectivity index (χ1n) is 5.21. The Labute approximate surface area is 99.4 Å². The minimum Gasteiger partial charge on any atom is -0.389 e. The Morgan fingerprint density at radius 2 is 2.29 bits per heavy atom. The molecule has 94 valence electrons. The normalized spacial score (nSPS) is 12.2. The van der Waals surface area contributed by atoms with Gasteiger partial charge in [0.2, 0.25) is 0 Å². The first-order valence-corrected chi connectivity index (χ1v) is 5.21. The average Bonchev–Trinajstić information content (AvgIpc) is 2.26. The second-order valence-electron chi connectivity index (χ2n) is 3.72. The number of hydrogen-bond acceptors (Lipinski definition) is 5. The zero-order chi connectivity index (χ0) is 12.8. The number of nitro groups is 1. The van der Waals surface area contributed by atoms with Crippen molar-refractivity contribution in [2.75, 3.05) is 25.6 Å². The molecule has 0 spiro atoms. The molecule has 0 bridgehead atoms. The molecule has 0 aliphatic carbocycles. The van der Waals surface area contributed by atoms with Crippen LogP contribution in [0.15, 0.2) is 18.2 Å². The van der Waals surface area contributed by atoms with E-state index in [0.717, 1.165) is 0 Å². The standard InChI is InChI=1S/C11H16N2O4/c1-8-4-3-5-10(11(8)13(15)16)12-6-9(14)7-17-2/h3-5,9,12,14H,6-7H2,1-2H3/t9-/m0/s1. The van der Waals surface area contributed by atoms with Crippen LogP contribution in [0.1, 0.15) is 5.56 Å². The molecule has 0 fully saturated rings. The predicted molar refractivity (Wildman–Crippen MR) is 64.2 cm³/mol. The molecule has 17 heavy (non-hydrogen) atoms. The number of aryl methyl sites for hydroxylation is 1. The highest BCUT2D eigenvalue weighted by molar-refractivity contribution is 5.65. The summed E-state index contributed by atoms with van der Waals surface area (Å²) >= 11 is 0. The number of nitro benzene ring substituents is 1. The van der Waals surface area contributed by atoms with E-state index in [0.29, 0.717) is 11.3 Å². The van der Waals surface area contributed by atoms with Gasteiger partial charge < -0.3 is 15.2 Å². The lowest BCUT2D eigenvalue weighted by Crippen LogP contribution is -2.24. The lowest BCUT2D eigenvalue weighted by molar-refractivity contribution is -0.384. The van der Waals surface area contributed by atoms with Gasteiger partial charge in [-0.15, -0.1) is 0 Å². The number of aliphatic hydroxyl groups excluding tert-OH is 1. The summed E-state index contributed by atoms with van der Waals surface area (Å²) < 4.78 is 4.77. The fraction of sp³-hybridized carbons (Fsp3) is 0.455. The number of rotatable bonds is 6. The summed E-state index contributed by atoms with van der Waals surface area (Å²) in [5, 5.41) is 23.2. The van der Waals surface area contributed by atoms with Crippen molar-refractivity contribution < 1.29 is 14.8 Å². The zero-order valence-corrected chi connectivity index (χ0v) is 9.84. The molecule has 0 amide bonds. The van der Waals surface area contributed by atoms with Crippen molar-refractivity contribution in [1.82, 2.24) is 0 Å². The fourth-order valence-electron chi connectivity index (χ4n) is 1.52. The Balaban J connectivity index is 2.77. The van der Waals surface area contributed by atoms with Crippen LogP contribution in [0.25, 0.3) is 0 Å². The zero-order valence-electron chi connectivity index (χ0n) is 9.84. The molecule has 0 saturated carbocycles. The highest BCUT2D eigenvalue weighted by Gasteiger charge is 2.17. The van der Waals surface area contributed by atoms with Crippen LogP contribution in [-0.4, -0.2) is 36.4 Å². The number of benzene rings is 1. The molecule has 1 atom stereocenters. The lowest BCUT2D eigenvalue weighted by Gasteiger charge is -2.12. The first kappa shape index (κ1) is 13.4. The van der Waals surface area contributed by atoms with Gasteiger partial charge in [0.15, 0.2) is 0 Å². The SMILES string of the molecule is COC[C@@H](O)CNc1cccc(C)c1[N+](=O)[O-]. The molecule has 0 aromatic heterocycles. The molecular weight excluding hydrogens is 224 g/mol. The topological polar surface area (TPSA) is 84.6 Å². The molecule has 0 aliphatic heterocycles. The molecule has 6 nitrogen and oxygen atoms in total. The summed E-state index contributed by atoms with van der Waals surface area (Å²) in [5.41, 5.74) is 1.03. The first-order chi connectivity index (χ1) is 8.06. The molecule has 6 heteroatoms. The number of anilines is 1. The minimum absolute atomic E-state index is 0.0390. The number of para-hydroxylation sites is 1. The van der Waals surface area contributed by atoms with E-state index in [2.05, 4.69) is 5.32 Å². The summed E-state index contributed by atoms with van der Waals surface area (Å²) in [4.78, 5) is 10.5. The van der Waals surface area contributed by atoms with E-state index < -0.39 is 11.0 Å². The monoisotopic (exact) mass is 240 g/mol. The highest BCUT2D eigenvalue weighted by Crippen LogP contribution is 2.27. The molecule has 0 unspecified atom stereocenters. The van der Waals surface area contributed by atoms with Gasteiger partial charge in [0.25, 0.3) is 5.69 Å². The van der Waals surface area contributed by atoms with Crippen LogP contribution >= 0.6 is 0 Å². The van der Waals surface area contributed by atoms with E-state index in [9.17, 15) is 15.2 Å². The molecule has 1 rings (SSSR count). The second-order valence-corrected chi connectivity index (χ2v) is 3.72. The number of aliphatic hydroxyl groups is 1. The Kier molecular flexibility index (Phi) is 4.86. The summed E-state index contributed by atoms with van der Waals surface area (Å²) in [5.74, 6) is 0. The van der Waals surface area contributed by atoms with Gasteiger partial charge in [-0.3, -0.25) is 10.1 Å². The smallest absolute Gasteiger partial charge is 0.295 e. The highest BCUT2D eigenvalue weighted by atomic mass is 16.6. The Morgan fingerprint density at radius 3 is 2.88 bits per heavy atom. The van der Waals surface area contributed by atoms with E-state index in [-0.39, 0.29) is 18.8 Å². The summed E-state index contributed by atoms with van der Waals surface area (Å²) in [6.45, 7) is 2.07. The number of ether oxygens (including phenoxy) is 1. The summed E-state index contributed by atoms with van der Waals surface area (Å²) in [6, 6.07) is 5.02. The number of nitrogens with zero attached hydrogens (tertiary/aromatic N) is 1. The van der Waals surface area contributed by atoms with Gasteiger partial charge in [0.1, 0.15) is 5.69 Å². The van der Waals surface area contributed by atoms with Crippen molar-refractivity contribution in [3.8, 4) is 0 Å². The lowest BCUT2D eigenvalue weighted by atomic mass is 10.1. The Bertz CT molecular complexity index is 395. The molecule has 2 N–H and O–H groups in total. The maximum absolute atomic E-state index is 10.9. The largest absolute Gasteiger partial charge is 0.389 e. The van der Waals surface area contributed by atoms with Crippen molar-refractivity contribution in [3.05, 3.63) is 33.9 Å². The predicted octanol–water partition coefficient (Wildman–Crippen LogP) is 1.32. The third-order valence-electron chi connectivity index (χ3n) is 2.31. The van der Waals surface area contributed by atoms with Gasteiger partial charge in [0.05, 0.1) is 17.6 Å². The van der Waals surface area contributed by atoms with Gasteiger partial charge in [-0.1, -0.05) is 12.1 Å². The van der Waals surface area contributed by atoms with Crippen LogP contribution in [0.4, 0.5) is 11.4 Å². The van der Waals surface area contributed by atoms with Crippen molar-refractivity contribution >= 4 is 11.4 Å². The number of methoxy groups -OCH3 is 1. The van der Waals surface area contributed by atoms with E-state index in [1.165, 1.54) is 7.11 Å². The molecule has 1 aromatic rings. The molecular formula is C11H16N2O4. The molecule has 0 radical (unpaired) electrons. The van der Waals surface area contributed by atoms with Crippen molar-refractivity contribution in [2.24, 2.45) is 0 Å². The minimum atomic E-state index is -0.694. The number of nitrogens with one attached hydrogen (secondary N) is 1. The maximum atomic E-state index is 10.9. The Hall–Kier alpha value is -1.66. The van der Waals surface area contributed by atoms with E-state index in [1.54, 1.807) is 25.1 Å². The van der Waals surface area contributed by atoms with E-state index >= 15 is 0 Å². The van der Waals surface area contributed by atoms with Gasteiger partial charge in [-0.25, -0.2) is 0 Å². The van der Waals surface area contributed by atoms with Crippen LogP contribution in [0.2, 0.25) is 0 Å². The van der Waals surface area contributed by atoms with Gasteiger partial charge >= 0.3 is 0 Å². The van der Waals surface area contributed by atoms with Gasteiger partial charge in [-0.05, 0) is 13.0 Å². The average molecular weight is 240 g/mol. The van der Waals surface area contributed by atoms with Crippen molar-refractivity contribution in [1.29, 1.82) is 0 Å². The van der Waals surface area contributed by atoms with Crippen LogP contribution in [0, 0.1) is 17.0 Å². The fourth-order valence-corrected chi connectivity index (χ4v) is 1.52. The van der Waals surface area contributed by atoms with E-state index in [4.69, 9.17) is 4.74 Å². The third kappa shape index (κ3) is 3.69. The van der Waals surface area contributed by atoms with Crippen LogP contribution in [0.3, 0.4) is 0 Å². The van der Waals surface area contributed by atoms with Crippen LogP contribution in [0.5, 0.6) is 0 Å². The summed E-state index contributed by atoms with van der Waals surface area (Å²) in [7, 11) is 1.48. The molecule has 0 heterocycles. The van der Waals surface area contributed by atoms with Crippen molar-refractivity contribution in [3.63, 3.8) is 0 Å². The van der Waals surface area contributed by atoms with Crippen LogP contribution < -0.4 is 5.32 Å². The summed E-state index contributed by atoms with van der Waals surface area (Å²) in [6.07, 6.45) is -0.694. The third-order valence-corrected chi connectivity index (χ3v) is 2.31. The van der Waals surface area contributed by atoms with E-state index in [1.807, 2.05) is 0 Å². The second kappa shape index (κ2) is 6.17. The molecule has 0 aliphatic rings. The van der Waals surface area contributed by atoms with Gasteiger partial charge in [0, 0.05) is 19.2 Å². The van der Waals surface area contributed by atoms with Crippen molar-refractivity contribution in [2.45, 2.75) is 13.0 Å².